The lowest BCUT2D eigenvalue weighted by Gasteiger charge is -2.37. The molecule has 0 spiro atoms. The van der Waals surface area contributed by atoms with Gasteiger partial charge in [-0.3, -0.25) is 0 Å². The number of piperidine rings is 1. The molecule has 2 rings (SSSR count). The van der Waals surface area contributed by atoms with Crippen LogP contribution in [-0.4, -0.2) is 35.7 Å². The summed E-state index contributed by atoms with van der Waals surface area (Å²) in [5.74, 6) is -0.220. The molecule has 1 N–H and O–H groups in total. The van der Waals surface area contributed by atoms with Gasteiger partial charge < -0.3 is 15.0 Å². The van der Waals surface area contributed by atoms with Gasteiger partial charge in [0.1, 0.15) is 11.4 Å². The molecular weight excluding hydrogens is 295 g/mol. The fourth-order valence-electron chi connectivity index (χ4n) is 2.80. The minimum atomic E-state index is -0.494. The van der Waals surface area contributed by atoms with Crippen LogP contribution in [0.4, 0.5) is 14.9 Å². The van der Waals surface area contributed by atoms with Crippen molar-refractivity contribution < 1.29 is 13.9 Å². The number of carbonyl (C=O) groups is 1. The second-order valence-electron chi connectivity index (χ2n) is 7.12. The summed E-state index contributed by atoms with van der Waals surface area (Å²) in [6.45, 7) is 8.69. The summed E-state index contributed by atoms with van der Waals surface area (Å²) >= 11 is 0. The first-order valence-corrected chi connectivity index (χ1v) is 8.26. The summed E-state index contributed by atoms with van der Waals surface area (Å²) in [6, 6.07) is 5.07. The Balaban J connectivity index is 2.01. The van der Waals surface area contributed by atoms with E-state index in [2.05, 4.69) is 5.32 Å². The number of nitrogens with one attached hydrogen (secondary N) is 1. The summed E-state index contributed by atoms with van der Waals surface area (Å²) in [4.78, 5) is 14.2. The van der Waals surface area contributed by atoms with E-state index in [0.29, 0.717) is 18.7 Å². The van der Waals surface area contributed by atoms with Crippen molar-refractivity contribution in [1.82, 2.24) is 4.90 Å². The first kappa shape index (κ1) is 17.6. The third-order valence-electron chi connectivity index (χ3n) is 4.05. The molecule has 0 aromatic heterocycles. The van der Waals surface area contributed by atoms with Gasteiger partial charge in [0.25, 0.3) is 0 Å². The van der Waals surface area contributed by atoms with Crippen LogP contribution >= 0.6 is 0 Å². The van der Waals surface area contributed by atoms with Crippen LogP contribution in [0.5, 0.6) is 0 Å². The molecule has 1 saturated heterocycles. The Hall–Kier alpha value is -1.78. The average molecular weight is 322 g/mol. The van der Waals surface area contributed by atoms with E-state index in [0.717, 1.165) is 24.9 Å². The van der Waals surface area contributed by atoms with Crippen LogP contribution in [0.25, 0.3) is 0 Å². The van der Waals surface area contributed by atoms with Crippen molar-refractivity contribution in [1.29, 1.82) is 0 Å². The topological polar surface area (TPSA) is 41.6 Å². The number of carbonyl (C=O) groups excluding carboxylic acids is 1. The highest BCUT2D eigenvalue weighted by Crippen LogP contribution is 2.22. The van der Waals surface area contributed by atoms with Gasteiger partial charge in [-0.1, -0.05) is 6.07 Å². The molecule has 5 heteroatoms. The summed E-state index contributed by atoms with van der Waals surface area (Å²) in [7, 11) is 0. The molecule has 0 aliphatic carbocycles. The van der Waals surface area contributed by atoms with Gasteiger partial charge in [-0.15, -0.1) is 0 Å². The van der Waals surface area contributed by atoms with Crippen LogP contribution in [0.15, 0.2) is 18.2 Å². The molecule has 128 valence electrons. The first-order chi connectivity index (χ1) is 10.8. The zero-order chi connectivity index (χ0) is 17.0. The van der Waals surface area contributed by atoms with E-state index in [-0.39, 0.29) is 18.0 Å². The lowest BCUT2D eigenvalue weighted by Crippen LogP contribution is -2.48. The van der Waals surface area contributed by atoms with Gasteiger partial charge in [-0.2, -0.15) is 0 Å². The number of ether oxygens (including phenoxy) is 1. The minimum Gasteiger partial charge on any atom is -0.444 e. The first-order valence-electron chi connectivity index (χ1n) is 8.26. The van der Waals surface area contributed by atoms with Crippen molar-refractivity contribution in [2.24, 2.45) is 0 Å². The molecule has 4 nitrogen and oxygen atoms in total. The molecular formula is C18H27FN2O2. The van der Waals surface area contributed by atoms with E-state index >= 15 is 0 Å². The van der Waals surface area contributed by atoms with Gasteiger partial charge in [0.2, 0.25) is 0 Å². The van der Waals surface area contributed by atoms with Gasteiger partial charge in [0.05, 0.1) is 6.04 Å². The molecule has 23 heavy (non-hydrogen) atoms. The van der Waals surface area contributed by atoms with Gasteiger partial charge in [0, 0.05) is 24.3 Å². The molecule has 0 bridgehead atoms. The van der Waals surface area contributed by atoms with Crippen molar-refractivity contribution in [2.45, 2.75) is 58.6 Å². The maximum Gasteiger partial charge on any atom is 0.410 e. The van der Waals surface area contributed by atoms with Crippen molar-refractivity contribution >= 4 is 11.8 Å². The number of anilines is 1. The Labute approximate surface area is 138 Å². The number of likely N-dealkylation sites (tertiary alicyclic amines) is 1. The zero-order valence-corrected chi connectivity index (χ0v) is 14.5. The number of nitrogens with zero attached hydrogens (tertiary/aromatic N) is 1. The van der Waals surface area contributed by atoms with Gasteiger partial charge >= 0.3 is 6.09 Å². The number of hydrogen-bond donors (Lipinski definition) is 1. The standard InChI is InChI=1S/C18H27FN2O2/c1-13-15(19)9-7-10-16(13)20-12-14-8-5-6-11-21(14)17(22)23-18(2,3)4/h7,9-10,14,20H,5-6,8,11-12H2,1-4H3. The quantitative estimate of drug-likeness (QED) is 0.900. The minimum absolute atomic E-state index is 0.0706. The summed E-state index contributed by atoms with van der Waals surface area (Å²) in [5, 5.41) is 3.28. The monoisotopic (exact) mass is 322 g/mol. The Morgan fingerprint density at radius 2 is 2.13 bits per heavy atom. The number of hydrogen-bond acceptors (Lipinski definition) is 3. The zero-order valence-electron chi connectivity index (χ0n) is 14.5. The van der Waals surface area contributed by atoms with E-state index in [4.69, 9.17) is 4.74 Å². The Morgan fingerprint density at radius 1 is 1.39 bits per heavy atom. The Bertz CT molecular complexity index is 554. The molecule has 1 unspecified atom stereocenters. The molecule has 1 aromatic carbocycles. The smallest absolute Gasteiger partial charge is 0.410 e. The Morgan fingerprint density at radius 3 is 2.83 bits per heavy atom. The molecule has 0 radical (unpaired) electrons. The third kappa shape index (κ3) is 4.85. The molecule has 1 aromatic rings. The number of amides is 1. The molecule has 0 saturated carbocycles. The normalized spacial score (nSPS) is 18.7. The maximum atomic E-state index is 13.6. The highest BCUT2D eigenvalue weighted by Gasteiger charge is 2.30. The summed E-state index contributed by atoms with van der Waals surface area (Å²) < 4.78 is 19.1. The number of rotatable bonds is 3. The van der Waals surface area contributed by atoms with Crippen molar-refractivity contribution in [2.75, 3.05) is 18.4 Å². The van der Waals surface area contributed by atoms with Crippen LogP contribution in [-0.2, 0) is 4.74 Å². The highest BCUT2D eigenvalue weighted by molar-refractivity contribution is 5.69. The lowest BCUT2D eigenvalue weighted by molar-refractivity contribution is 0.0114. The van der Waals surface area contributed by atoms with Crippen molar-refractivity contribution in [3.63, 3.8) is 0 Å². The largest absolute Gasteiger partial charge is 0.444 e. The van der Waals surface area contributed by atoms with E-state index < -0.39 is 5.60 Å². The second kappa shape index (κ2) is 7.20. The van der Waals surface area contributed by atoms with Gasteiger partial charge in [-0.25, -0.2) is 9.18 Å². The fourth-order valence-corrected chi connectivity index (χ4v) is 2.80. The third-order valence-corrected chi connectivity index (χ3v) is 4.05. The van der Waals surface area contributed by atoms with Crippen LogP contribution in [0.3, 0.4) is 0 Å². The molecule has 1 amide bonds. The van der Waals surface area contributed by atoms with Crippen molar-refractivity contribution in [3.05, 3.63) is 29.6 Å². The predicted molar refractivity (Wildman–Crippen MR) is 90.2 cm³/mol. The van der Waals surface area contributed by atoms with Crippen LogP contribution < -0.4 is 5.32 Å². The van der Waals surface area contributed by atoms with Crippen LogP contribution in [0.2, 0.25) is 0 Å². The van der Waals surface area contributed by atoms with Crippen LogP contribution in [0.1, 0.15) is 45.6 Å². The molecule has 1 aliphatic heterocycles. The molecule has 1 aliphatic rings. The van der Waals surface area contributed by atoms with E-state index in [1.807, 2.05) is 26.8 Å². The fraction of sp³-hybridized carbons (Fsp3) is 0.611. The van der Waals surface area contributed by atoms with E-state index in [1.165, 1.54) is 6.07 Å². The van der Waals surface area contributed by atoms with Gasteiger partial charge in [0.15, 0.2) is 0 Å². The highest BCUT2D eigenvalue weighted by atomic mass is 19.1. The maximum absolute atomic E-state index is 13.6. The second-order valence-corrected chi connectivity index (χ2v) is 7.12. The van der Waals surface area contributed by atoms with Crippen molar-refractivity contribution in [3.8, 4) is 0 Å². The molecule has 1 heterocycles. The molecule has 1 atom stereocenters. The number of benzene rings is 1. The van der Waals surface area contributed by atoms with E-state index in [1.54, 1.807) is 17.9 Å². The SMILES string of the molecule is Cc1c(F)cccc1NCC1CCCCN1C(=O)OC(C)(C)C. The number of halogens is 1. The summed E-state index contributed by atoms with van der Waals surface area (Å²) in [6.07, 6.45) is 2.75. The van der Waals surface area contributed by atoms with Gasteiger partial charge in [-0.05, 0) is 59.1 Å². The summed E-state index contributed by atoms with van der Waals surface area (Å²) in [5.41, 5.74) is 0.887. The molecule has 1 fully saturated rings. The lowest BCUT2D eigenvalue weighted by atomic mass is 10.0. The average Bonchev–Trinajstić information content (AvgIpc) is 2.47. The van der Waals surface area contributed by atoms with E-state index in [9.17, 15) is 9.18 Å². The van der Waals surface area contributed by atoms with Crippen LogP contribution in [0, 0.1) is 12.7 Å². The Kier molecular flexibility index (Phi) is 5.50. The predicted octanol–water partition coefficient (Wildman–Crippen LogP) is 4.34.